The van der Waals surface area contributed by atoms with Gasteiger partial charge >= 0.3 is 29.2 Å². The smallest absolute Gasteiger partial charge is 0.388 e. The van der Waals surface area contributed by atoms with Gasteiger partial charge in [0.05, 0.1) is 6.20 Å². The minimum Gasteiger partial charge on any atom is -0.388 e. The molecule has 0 saturated carbocycles. The number of aliphatic hydroxyl groups is 1. The van der Waals surface area contributed by atoms with Crippen LogP contribution in [-0.4, -0.2) is 63.6 Å². The van der Waals surface area contributed by atoms with E-state index in [9.17, 15) is 47.0 Å². The lowest BCUT2D eigenvalue weighted by Gasteiger charge is -2.34. The van der Waals surface area contributed by atoms with Crippen LogP contribution in [0.2, 0.25) is 0 Å². The van der Waals surface area contributed by atoms with Crippen molar-refractivity contribution in [1.82, 2.24) is 9.55 Å². The summed E-state index contributed by atoms with van der Waals surface area (Å²) in [7, 11) is -17.3. The highest BCUT2D eigenvalue weighted by Crippen LogP contribution is 2.67. The zero-order chi connectivity index (χ0) is 26.5. The molecule has 2 rings (SSSR count). The first-order valence-electron chi connectivity index (χ1n) is 8.58. The second-order valence-electron chi connectivity index (χ2n) is 7.34. The van der Waals surface area contributed by atoms with E-state index in [2.05, 4.69) is 13.1 Å². The Labute approximate surface area is 192 Å². The van der Waals surface area contributed by atoms with Crippen LogP contribution in [0.4, 0.5) is 8.78 Å². The van der Waals surface area contributed by atoms with Gasteiger partial charge in [-0.15, -0.1) is 11.6 Å². The molecule has 6 atom stereocenters. The van der Waals surface area contributed by atoms with Crippen LogP contribution in [0.3, 0.4) is 0 Å². The number of aromatic nitrogens is 2. The lowest BCUT2D eigenvalue weighted by molar-refractivity contribution is -0.118. The number of nitrogens with zero attached hydrogens (tertiary/aromatic N) is 1. The van der Waals surface area contributed by atoms with E-state index < -0.39 is 76.1 Å². The number of alkyl halides is 2. The number of hydrogen-bond donors (Lipinski definition) is 6. The number of H-pyrrole nitrogens is 1. The first-order valence-corrected chi connectivity index (χ1v) is 13.5. The van der Waals surface area contributed by atoms with Crippen LogP contribution < -0.4 is 11.2 Å². The SMILES string of the molecule is CC(C)(OP(=O)(O)OP(=O)(O)OP(=O)(O)O)[C@H]1O[C@@H](n2cc(F)c(=O)[nH]c2=O)C(Cl)(CF)[C@H]1O. The van der Waals surface area contributed by atoms with E-state index in [4.69, 9.17) is 26.1 Å². The number of phosphoric ester groups is 1. The predicted molar refractivity (Wildman–Crippen MR) is 105 cm³/mol. The Morgan fingerprint density at radius 3 is 2.26 bits per heavy atom. The van der Waals surface area contributed by atoms with Gasteiger partial charge in [-0.25, -0.2) is 22.9 Å². The second kappa shape index (κ2) is 9.56. The second-order valence-corrected chi connectivity index (χ2v) is 12.4. The van der Waals surface area contributed by atoms with Gasteiger partial charge in [0.2, 0.25) is 5.82 Å². The highest BCUT2D eigenvalue weighted by atomic mass is 35.5. The quantitative estimate of drug-likeness (QED) is 0.166. The molecule has 1 saturated heterocycles. The van der Waals surface area contributed by atoms with Gasteiger partial charge in [-0.1, -0.05) is 0 Å². The van der Waals surface area contributed by atoms with E-state index in [-0.39, 0.29) is 0 Å². The van der Waals surface area contributed by atoms with Crippen LogP contribution in [-0.2, 0) is 31.6 Å². The topological polar surface area (TPSA) is 244 Å². The van der Waals surface area contributed by atoms with Crippen LogP contribution in [0, 0.1) is 5.82 Å². The fourth-order valence-corrected chi connectivity index (χ4v) is 6.60. The number of phosphoric acid groups is 3. The molecule has 1 aromatic heterocycles. The number of aromatic amines is 1. The molecule has 6 N–H and O–H groups in total. The number of halogens is 3. The molecular weight excluding hydrogens is 563 g/mol. The van der Waals surface area contributed by atoms with Crippen LogP contribution in [0.15, 0.2) is 15.8 Å². The Morgan fingerprint density at radius 1 is 1.21 bits per heavy atom. The summed E-state index contributed by atoms with van der Waals surface area (Å²) in [5.74, 6) is -1.51. The van der Waals surface area contributed by atoms with Gasteiger partial charge in [0.25, 0.3) is 5.56 Å². The molecule has 0 amide bonds. The van der Waals surface area contributed by atoms with E-state index in [0.29, 0.717) is 10.8 Å². The molecule has 0 aliphatic carbocycles. The van der Waals surface area contributed by atoms with E-state index >= 15 is 0 Å². The third kappa shape index (κ3) is 6.48. The van der Waals surface area contributed by atoms with E-state index in [1.165, 1.54) is 0 Å². The van der Waals surface area contributed by atoms with Crippen LogP contribution in [0.1, 0.15) is 20.1 Å². The van der Waals surface area contributed by atoms with Crippen molar-refractivity contribution in [2.45, 2.75) is 42.8 Å². The number of rotatable bonds is 9. The summed E-state index contributed by atoms with van der Waals surface area (Å²) < 4.78 is 79.4. The number of aliphatic hydroxyl groups excluding tert-OH is 1. The zero-order valence-corrected chi connectivity index (χ0v) is 20.3. The predicted octanol–water partition coefficient (Wildman–Crippen LogP) is 0.00300. The molecule has 0 spiro atoms. The highest BCUT2D eigenvalue weighted by molar-refractivity contribution is 7.66. The zero-order valence-electron chi connectivity index (χ0n) is 16.8. The molecule has 2 heterocycles. The number of hydrogen-bond acceptors (Lipinski definition) is 10. The molecule has 34 heavy (non-hydrogen) atoms. The van der Waals surface area contributed by atoms with Crippen molar-refractivity contribution in [3.8, 4) is 0 Å². The summed E-state index contributed by atoms with van der Waals surface area (Å²) in [5.41, 5.74) is -5.04. The van der Waals surface area contributed by atoms with Crippen molar-refractivity contribution in [1.29, 1.82) is 0 Å². The highest BCUT2D eigenvalue weighted by Gasteiger charge is 2.62. The molecule has 1 aliphatic rings. The van der Waals surface area contributed by atoms with Crippen LogP contribution >= 0.6 is 35.1 Å². The summed E-state index contributed by atoms with van der Waals surface area (Å²) in [6.07, 6.45) is -5.82. The molecule has 0 aromatic carbocycles. The monoisotopic (exact) mass is 580 g/mol. The minimum absolute atomic E-state index is 0.299. The Bertz CT molecular complexity index is 1200. The molecule has 22 heteroatoms. The van der Waals surface area contributed by atoms with Crippen molar-refractivity contribution in [2.75, 3.05) is 6.67 Å². The van der Waals surface area contributed by atoms with E-state index in [0.717, 1.165) is 13.8 Å². The molecule has 1 aliphatic heterocycles. The standard InChI is InChI=1S/C12H18ClF2N2O14P3/c1-11(2,29-33(24,25)31-34(26,27)30-32(21,22)23)7-6(18)12(13,4-14)9(28-7)17-3-5(15)8(19)16-10(17)20/h3,6-7,9,18H,4H2,1-2H3,(H,24,25)(H,26,27)(H,16,19,20)(H2,21,22,23)/t6-,7-,9+,12?/m0/s1. The lowest BCUT2D eigenvalue weighted by atomic mass is 9.91. The van der Waals surface area contributed by atoms with Gasteiger partial charge in [0.1, 0.15) is 29.4 Å². The Kier molecular flexibility index (Phi) is 8.26. The fourth-order valence-electron chi connectivity index (χ4n) is 2.99. The molecule has 3 unspecified atom stereocenters. The fraction of sp³-hybridized carbons (Fsp3) is 0.667. The van der Waals surface area contributed by atoms with Crippen molar-refractivity contribution in [3.63, 3.8) is 0 Å². The molecule has 0 radical (unpaired) electrons. The third-order valence-corrected chi connectivity index (χ3v) is 8.84. The maximum Gasteiger partial charge on any atom is 0.490 e. The van der Waals surface area contributed by atoms with E-state index in [1.54, 1.807) is 4.98 Å². The Balaban J connectivity index is 2.39. The first kappa shape index (κ1) is 29.4. The van der Waals surface area contributed by atoms with Gasteiger partial charge in [-0.05, 0) is 13.8 Å². The largest absolute Gasteiger partial charge is 0.490 e. The summed E-state index contributed by atoms with van der Waals surface area (Å²) in [4.78, 5) is 58.5. The maximum absolute atomic E-state index is 13.9. The van der Waals surface area contributed by atoms with Crippen molar-refractivity contribution in [3.05, 3.63) is 32.9 Å². The van der Waals surface area contributed by atoms with Gasteiger partial charge in [0.15, 0.2) is 6.23 Å². The Hall–Kier alpha value is -0.840. The van der Waals surface area contributed by atoms with Gasteiger partial charge in [0, 0.05) is 0 Å². The first-order chi connectivity index (χ1) is 15.1. The van der Waals surface area contributed by atoms with Crippen LogP contribution in [0.25, 0.3) is 0 Å². The number of ether oxygens (including phenoxy) is 1. The van der Waals surface area contributed by atoms with E-state index in [1.807, 2.05) is 0 Å². The Morgan fingerprint density at radius 2 is 1.76 bits per heavy atom. The van der Waals surface area contributed by atoms with Gasteiger partial charge < -0.3 is 29.4 Å². The molecular formula is C12H18ClF2N2O14P3. The lowest BCUT2D eigenvalue weighted by Crippen LogP contribution is -2.51. The molecule has 16 nitrogen and oxygen atoms in total. The molecule has 1 fully saturated rings. The van der Waals surface area contributed by atoms with Crippen molar-refractivity contribution in [2.24, 2.45) is 0 Å². The average molecular weight is 581 g/mol. The van der Waals surface area contributed by atoms with Gasteiger partial charge in [-0.3, -0.25) is 18.9 Å². The molecule has 0 bridgehead atoms. The summed E-state index contributed by atoms with van der Waals surface area (Å²) in [6, 6.07) is 0. The van der Waals surface area contributed by atoms with Crippen molar-refractivity contribution >= 4 is 35.1 Å². The summed E-state index contributed by atoms with van der Waals surface area (Å²) >= 11 is 6.09. The summed E-state index contributed by atoms with van der Waals surface area (Å²) in [6.45, 7) is 0.191. The third-order valence-electron chi connectivity index (χ3n) is 4.30. The summed E-state index contributed by atoms with van der Waals surface area (Å²) in [5, 5.41) is 10.6. The maximum atomic E-state index is 13.9. The normalized spacial score (nSPS) is 29.5. The van der Waals surface area contributed by atoms with Crippen LogP contribution in [0.5, 0.6) is 0 Å². The molecule has 1 aromatic rings. The average Bonchev–Trinajstić information content (AvgIpc) is 2.87. The molecule has 196 valence electrons. The minimum atomic E-state index is -5.89. The van der Waals surface area contributed by atoms with Crippen molar-refractivity contribution < 1.29 is 65.0 Å². The number of nitrogens with one attached hydrogen (secondary N) is 1. The van der Waals surface area contributed by atoms with Gasteiger partial charge in [-0.2, -0.15) is 13.0 Å².